The zero-order valence-electron chi connectivity index (χ0n) is 13.8. The minimum atomic E-state index is 0.715. The van der Waals surface area contributed by atoms with Gasteiger partial charge < -0.3 is 9.84 Å². The van der Waals surface area contributed by atoms with Crippen LogP contribution in [-0.4, -0.2) is 26.3 Å². The molecule has 8 heteroatoms. The average molecular weight is 374 g/mol. The summed E-state index contributed by atoms with van der Waals surface area (Å²) in [7, 11) is 0. The van der Waals surface area contributed by atoms with Gasteiger partial charge in [-0.25, -0.2) is 9.50 Å². The lowest BCUT2D eigenvalue weighted by atomic mass is 10.1. The number of anilines is 1. The molecule has 25 heavy (non-hydrogen) atoms. The lowest BCUT2D eigenvalue weighted by Gasteiger charge is -2.01. The predicted octanol–water partition coefficient (Wildman–Crippen LogP) is 4.37. The number of rotatable bonds is 5. The van der Waals surface area contributed by atoms with Crippen molar-refractivity contribution in [3.63, 3.8) is 0 Å². The van der Waals surface area contributed by atoms with Crippen molar-refractivity contribution in [2.45, 2.75) is 20.3 Å². The SMILES string of the molecule is Cc1noc(C)c1CCNc1nn2cc(-c3ccc(Cl)cc3)nc2s1. The van der Waals surface area contributed by atoms with Crippen LogP contribution in [0.3, 0.4) is 0 Å². The van der Waals surface area contributed by atoms with E-state index >= 15 is 0 Å². The number of imidazole rings is 1. The Morgan fingerprint density at radius 1 is 1.24 bits per heavy atom. The van der Waals surface area contributed by atoms with E-state index < -0.39 is 0 Å². The summed E-state index contributed by atoms with van der Waals surface area (Å²) in [6.07, 6.45) is 2.77. The van der Waals surface area contributed by atoms with Gasteiger partial charge in [-0.2, -0.15) is 0 Å². The molecule has 0 spiro atoms. The van der Waals surface area contributed by atoms with Crippen molar-refractivity contribution in [2.75, 3.05) is 11.9 Å². The normalized spacial score (nSPS) is 11.3. The summed E-state index contributed by atoms with van der Waals surface area (Å²) in [6, 6.07) is 7.63. The molecule has 0 unspecified atom stereocenters. The highest BCUT2D eigenvalue weighted by Gasteiger charge is 2.11. The molecule has 3 aromatic heterocycles. The molecule has 0 saturated carbocycles. The van der Waals surface area contributed by atoms with Crippen LogP contribution in [0, 0.1) is 13.8 Å². The summed E-state index contributed by atoms with van der Waals surface area (Å²) in [5, 5.41) is 13.4. The molecule has 0 aliphatic carbocycles. The molecular weight excluding hydrogens is 358 g/mol. The van der Waals surface area contributed by atoms with E-state index in [2.05, 4.69) is 20.6 Å². The van der Waals surface area contributed by atoms with Crippen LogP contribution in [0.15, 0.2) is 35.0 Å². The molecule has 0 aliphatic heterocycles. The minimum Gasteiger partial charge on any atom is -0.361 e. The fourth-order valence-electron chi connectivity index (χ4n) is 2.68. The Morgan fingerprint density at radius 3 is 2.72 bits per heavy atom. The van der Waals surface area contributed by atoms with Crippen molar-refractivity contribution in [1.82, 2.24) is 19.8 Å². The number of nitrogens with one attached hydrogen (secondary N) is 1. The average Bonchev–Trinajstić information content (AvgIpc) is 3.24. The van der Waals surface area contributed by atoms with Gasteiger partial charge in [0.05, 0.1) is 17.6 Å². The van der Waals surface area contributed by atoms with E-state index in [1.54, 1.807) is 4.52 Å². The van der Waals surface area contributed by atoms with E-state index in [4.69, 9.17) is 16.1 Å². The zero-order chi connectivity index (χ0) is 17.4. The Kier molecular flexibility index (Phi) is 4.19. The first-order chi connectivity index (χ1) is 12.1. The second kappa shape index (κ2) is 6.50. The fraction of sp³-hybridized carbons (Fsp3) is 0.235. The molecule has 0 saturated heterocycles. The summed E-state index contributed by atoms with van der Waals surface area (Å²) in [4.78, 5) is 5.48. The molecule has 4 rings (SSSR count). The molecule has 0 atom stereocenters. The highest BCUT2D eigenvalue weighted by atomic mass is 35.5. The summed E-state index contributed by atoms with van der Waals surface area (Å²) < 4.78 is 6.98. The lowest BCUT2D eigenvalue weighted by molar-refractivity contribution is 0.392. The van der Waals surface area contributed by atoms with Crippen LogP contribution in [0.2, 0.25) is 5.02 Å². The summed E-state index contributed by atoms with van der Waals surface area (Å²) in [5.41, 5.74) is 4.01. The molecule has 0 fully saturated rings. The van der Waals surface area contributed by atoms with Gasteiger partial charge in [0.1, 0.15) is 5.76 Å². The molecule has 0 amide bonds. The highest BCUT2D eigenvalue weighted by molar-refractivity contribution is 7.20. The number of hydrogen-bond acceptors (Lipinski definition) is 6. The maximum absolute atomic E-state index is 5.93. The van der Waals surface area contributed by atoms with Crippen LogP contribution in [0.5, 0.6) is 0 Å². The smallest absolute Gasteiger partial charge is 0.214 e. The molecule has 3 heterocycles. The van der Waals surface area contributed by atoms with Crippen LogP contribution < -0.4 is 5.32 Å². The highest BCUT2D eigenvalue weighted by Crippen LogP contribution is 2.25. The predicted molar refractivity (Wildman–Crippen MR) is 99.5 cm³/mol. The Bertz CT molecular complexity index is 967. The number of hydrogen-bond donors (Lipinski definition) is 1. The second-order valence-electron chi connectivity index (χ2n) is 5.75. The minimum absolute atomic E-state index is 0.715. The monoisotopic (exact) mass is 373 g/mol. The Labute approximate surface area is 153 Å². The van der Waals surface area contributed by atoms with Crippen LogP contribution in [0.25, 0.3) is 16.2 Å². The molecule has 6 nitrogen and oxygen atoms in total. The molecule has 1 N–H and O–H groups in total. The second-order valence-corrected chi connectivity index (χ2v) is 7.14. The van der Waals surface area contributed by atoms with Crippen LogP contribution in [-0.2, 0) is 6.42 Å². The third-order valence-corrected chi connectivity index (χ3v) is 5.15. The van der Waals surface area contributed by atoms with Gasteiger partial charge in [-0.1, -0.05) is 40.2 Å². The van der Waals surface area contributed by atoms with E-state index in [-0.39, 0.29) is 0 Å². The third-order valence-electron chi connectivity index (χ3n) is 4.02. The van der Waals surface area contributed by atoms with E-state index in [0.717, 1.165) is 51.3 Å². The molecule has 4 aromatic rings. The van der Waals surface area contributed by atoms with E-state index in [1.165, 1.54) is 11.3 Å². The molecule has 0 bridgehead atoms. The van der Waals surface area contributed by atoms with Gasteiger partial charge in [0.2, 0.25) is 10.1 Å². The number of halogens is 1. The standard InChI is InChI=1S/C17H16ClN5OS/c1-10-14(11(2)24-22-10)7-8-19-16-21-23-9-15(20-17(23)25-16)12-3-5-13(18)6-4-12/h3-6,9H,7-8H2,1-2H3,(H,19,21). The van der Waals surface area contributed by atoms with E-state index in [9.17, 15) is 0 Å². The lowest BCUT2D eigenvalue weighted by Crippen LogP contribution is -2.06. The van der Waals surface area contributed by atoms with Crippen molar-refractivity contribution in [1.29, 1.82) is 0 Å². The van der Waals surface area contributed by atoms with Crippen molar-refractivity contribution in [2.24, 2.45) is 0 Å². The third kappa shape index (κ3) is 3.25. The van der Waals surface area contributed by atoms with E-state index in [1.807, 2.05) is 44.3 Å². The molecule has 1 aromatic carbocycles. The number of benzene rings is 1. The van der Waals surface area contributed by atoms with Crippen LogP contribution in [0.4, 0.5) is 5.13 Å². The maximum atomic E-state index is 5.93. The first kappa shape index (κ1) is 16.1. The van der Waals surface area contributed by atoms with Gasteiger partial charge in [0.15, 0.2) is 0 Å². The van der Waals surface area contributed by atoms with E-state index in [0.29, 0.717) is 5.02 Å². The molecule has 0 aliphatic rings. The largest absolute Gasteiger partial charge is 0.361 e. The maximum Gasteiger partial charge on any atom is 0.214 e. The van der Waals surface area contributed by atoms with Crippen molar-refractivity contribution in [3.8, 4) is 11.3 Å². The Morgan fingerprint density at radius 2 is 2.04 bits per heavy atom. The van der Waals surface area contributed by atoms with Gasteiger partial charge in [0, 0.05) is 22.7 Å². The number of nitrogens with zero attached hydrogens (tertiary/aromatic N) is 4. The first-order valence-corrected chi connectivity index (χ1v) is 9.07. The number of aryl methyl sites for hydroxylation is 2. The van der Waals surface area contributed by atoms with Gasteiger partial charge in [-0.3, -0.25) is 0 Å². The number of aromatic nitrogens is 4. The Hall–Kier alpha value is -2.38. The van der Waals surface area contributed by atoms with Gasteiger partial charge in [0.25, 0.3) is 0 Å². The van der Waals surface area contributed by atoms with Gasteiger partial charge >= 0.3 is 0 Å². The summed E-state index contributed by atoms with van der Waals surface area (Å²) in [6.45, 7) is 4.66. The zero-order valence-corrected chi connectivity index (χ0v) is 15.4. The molecule has 0 radical (unpaired) electrons. The summed E-state index contributed by atoms with van der Waals surface area (Å²) in [5.74, 6) is 0.876. The van der Waals surface area contributed by atoms with Crippen LogP contribution >= 0.6 is 22.9 Å². The Balaban J connectivity index is 1.45. The van der Waals surface area contributed by atoms with Gasteiger partial charge in [-0.05, 0) is 32.4 Å². The van der Waals surface area contributed by atoms with Crippen LogP contribution in [0.1, 0.15) is 17.0 Å². The van der Waals surface area contributed by atoms with Crippen molar-refractivity contribution in [3.05, 3.63) is 52.5 Å². The fourth-order valence-corrected chi connectivity index (χ4v) is 3.62. The van der Waals surface area contributed by atoms with Gasteiger partial charge in [-0.15, -0.1) is 5.10 Å². The molecular formula is C17H16ClN5OS. The summed E-state index contributed by atoms with van der Waals surface area (Å²) >= 11 is 7.45. The van der Waals surface area contributed by atoms with Crippen molar-refractivity contribution >= 4 is 33.0 Å². The van der Waals surface area contributed by atoms with Crippen molar-refractivity contribution < 1.29 is 4.52 Å². The first-order valence-electron chi connectivity index (χ1n) is 7.88. The quantitative estimate of drug-likeness (QED) is 0.562. The number of fused-ring (bicyclic) bond motifs is 1. The topological polar surface area (TPSA) is 68.2 Å². The molecule has 128 valence electrons.